The summed E-state index contributed by atoms with van der Waals surface area (Å²) in [5, 5.41) is 3.55. The predicted molar refractivity (Wildman–Crippen MR) is 128 cm³/mol. The Hall–Kier alpha value is -2.62. The highest BCUT2D eigenvalue weighted by Crippen LogP contribution is 2.36. The Morgan fingerprint density at radius 2 is 1.59 bits per heavy atom. The van der Waals surface area contributed by atoms with Crippen molar-refractivity contribution in [3.8, 4) is 0 Å². The van der Waals surface area contributed by atoms with Crippen LogP contribution in [0.3, 0.4) is 0 Å². The SMILES string of the molecule is CNCCN=C(/C=C/c1ccccc1SC(C)c1ccccc1)c1ccccc1. The first-order valence-electron chi connectivity index (χ1n) is 10.0. The van der Waals surface area contributed by atoms with Crippen LogP contribution in [0.25, 0.3) is 6.08 Å². The molecule has 29 heavy (non-hydrogen) atoms. The van der Waals surface area contributed by atoms with Gasteiger partial charge in [0.25, 0.3) is 0 Å². The maximum atomic E-state index is 4.80. The van der Waals surface area contributed by atoms with Crippen LogP contribution in [-0.4, -0.2) is 25.8 Å². The fourth-order valence-electron chi connectivity index (χ4n) is 3.01. The fourth-order valence-corrected chi connectivity index (χ4v) is 4.12. The van der Waals surface area contributed by atoms with Gasteiger partial charge in [0, 0.05) is 16.7 Å². The lowest BCUT2D eigenvalue weighted by molar-refractivity contribution is 0.803. The Bertz CT molecular complexity index is 933. The van der Waals surface area contributed by atoms with Crippen LogP contribution in [0.2, 0.25) is 0 Å². The molecule has 0 amide bonds. The summed E-state index contributed by atoms with van der Waals surface area (Å²) in [6, 6.07) is 29.6. The molecule has 3 heteroatoms. The van der Waals surface area contributed by atoms with Gasteiger partial charge in [0.15, 0.2) is 0 Å². The molecule has 0 heterocycles. The summed E-state index contributed by atoms with van der Waals surface area (Å²) >= 11 is 1.89. The third-order valence-corrected chi connectivity index (χ3v) is 5.88. The zero-order chi connectivity index (χ0) is 20.3. The van der Waals surface area contributed by atoms with Gasteiger partial charge in [0.05, 0.1) is 12.3 Å². The van der Waals surface area contributed by atoms with Gasteiger partial charge in [-0.05, 0) is 42.8 Å². The van der Waals surface area contributed by atoms with E-state index in [1.807, 2.05) is 24.9 Å². The highest BCUT2D eigenvalue weighted by atomic mass is 32.2. The molecule has 0 aliphatic rings. The Labute approximate surface area is 178 Å². The van der Waals surface area contributed by atoms with Crippen molar-refractivity contribution in [2.75, 3.05) is 20.1 Å². The minimum Gasteiger partial charge on any atom is -0.318 e. The molecule has 1 atom stereocenters. The summed E-state index contributed by atoms with van der Waals surface area (Å²) in [4.78, 5) is 6.08. The van der Waals surface area contributed by atoms with Crippen LogP contribution in [-0.2, 0) is 0 Å². The minimum absolute atomic E-state index is 0.392. The number of nitrogens with zero attached hydrogens (tertiary/aromatic N) is 1. The molecule has 0 saturated heterocycles. The largest absolute Gasteiger partial charge is 0.318 e. The molecular formula is C26H28N2S. The van der Waals surface area contributed by atoms with E-state index in [0.717, 1.165) is 24.4 Å². The molecule has 0 saturated carbocycles. The normalized spacial score (nSPS) is 13.0. The van der Waals surface area contributed by atoms with Crippen molar-refractivity contribution >= 4 is 23.5 Å². The number of nitrogens with one attached hydrogen (secondary N) is 1. The van der Waals surface area contributed by atoms with E-state index in [1.54, 1.807) is 0 Å². The smallest absolute Gasteiger partial charge is 0.0647 e. The first kappa shape index (κ1) is 21.1. The number of rotatable bonds is 9. The molecular weight excluding hydrogens is 372 g/mol. The van der Waals surface area contributed by atoms with Gasteiger partial charge in [-0.2, -0.15) is 0 Å². The van der Waals surface area contributed by atoms with Gasteiger partial charge >= 0.3 is 0 Å². The van der Waals surface area contributed by atoms with Crippen LogP contribution < -0.4 is 5.32 Å². The van der Waals surface area contributed by atoms with Gasteiger partial charge in [-0.15, -0.1) is 11.8 Å². The molecule has 0 aliphatic heterocycles. The summed E-state index contributed by atoms with van der Waals surface area (Å²) in [7, 11) is 1.95. The average molecular weight is 401 g/mol. The Morgan fingerprint density at radius 3 is 2.31 bits per heavy atom. The molecule has 2 nitrogen and oxygen atoms in total. The monoisotopic (exact) mass is 400 g/mol. The Balaban J connectivity index is 1.82. The molecule has 0 aromatic heterocycles. The zero-order valence-corrected chi connectivity index (χ0v) is 17.9. The van der Waals surface area contributed by atoms with Crippen molar-refractivity contribution in [3.63, 3.8) is 0 Å². The summed E-state index contributed by atoms with van der Waals surface area (Å²) in [5.41, 5.74) is 4.71. The number of hydrogen-bond acceptors (Lipinski definition) is 3. The first-order valence-corrected chi connectivity index (χ1v) is 10.9. The maximum absolute atomic E-state index is 4.80. The van der Waals surface area contributed by atoms with Gasteiger partial charge < -0.3 is 5.32 Å². The second-order valence-corrected chi connectivity index (χ2v) is 8.16. The topological polar surface area (TPSA) is 24.4 Å². The quantitative estimate of drug-likeness (QED) is 0.260. The number of benzene rings is 3. The molecule has 0 radical (unpaired) electrons. The van der Waals surface area contributed by atoms with Crippen molar-refractivity contribution in [1.29, 1.82) is 0 Å². The average Bonchev–Trinajstić information content (AvgIpc) is 2.78. The Morgan fingerprint density at radius 1 is 0.931 bits per heavy atom. The first-order chi connectivity index (χ1) is 14.3. The van der Waals surface area contributed by atoms with E-state index in [4.69, 9.17) is 4.99 Å². The second-order valence-electron chi connectivity index (χ2n) is 6.78. The van der Waals surface area contributed by atoms with Crippen LogP contribution in [0.5, 0.6) is 0 Å². The van der Waals surface area contributed by atoms with Gasteiger partial charge in [0.2, 0.25) is 0 Å². The summed E-state index contributed by atoms with van der Waals surface area (Å²) in [6.07, 6.45) is 4.32. The van der Waals surface area contributed by atoms with Gasteiger partial charge in [0.1, 0.15) is 0 Å². The summed E-state index contributed by atoms with van der Waals surface area (Å²) in [5.74, 6) is 0. The van der Waals surface area contributed by atoms with Crippen molar-refractivity contribution in [2.45, 2.75) is 17.1 Å². The van der Waals surface area contributed by atoms with E-state index >= 15 is 0 Å². The van der Waals surface area contributed by atoms with E-state index in [1.165, 1.54) is 16.0 Å². The van der Waals surface area contributed by atoms with Crippen LogP contribution in [0.15, 0.2) is 101 Å². The van der Waals surface area contributed by atoms with Gasteiger partial charge in [-0.3, -0.25) is 4.99 Å². The Kier molecular flexibility index (Phi) is 8.29. The molecule has 1 N–H and O–H groups in total. The molecule has 0 fully saturated rings. The lowest BCUT2D eigenvalue weighted by atomic mass is 10.1. The number of aliphatic imine (C=N–C) groups is 1. The lowest BCUT2D eigenvalue weighted by Gasteiger charge is -2.13. The van der Waals surface area contributed by atoms with Gasteiger partial charge in [-0.25, -0.2) is 0 Å². The number of likely N-dealkylation sites (N-methyl/N-ethyl adjacent to an activating group) is 1. The number of allylic oxidation sites excluding steroid dienone is 1. The van der Waals surface area contributed by atoms with Crippen molar-refractivity contribution < 1.29 is 0 Å². The van der Waals surface area contributed by atoms with E-state index < -0.39 is 0 Å². The fraction of sp³-hybridized carbons (Fsp3) is 0.192. The molecule has 148 valence electrons. The van der Waals surface area contributed by atoms with Crippen LogP contribution in [0, 0.1) is 0 Å². The number of thioether (sulfide) groups is 1. The molecule has 3 rings (SSSR count). The van der Waals surface area contributed by atoms with Crippen LogP contribution in [0.4, 0.5) is 0 Å². The molecule has 0 bridgehead atoms. The zero-order valence-electron chi connectivity index (χ0n) is 17.1. The minimum atomic E-state index is 0.392. The van der Waals surface area contributed by atoms with Crippen molar-refractivity contribution in [2.24, 2.45) is 4.99 Å². The van der Waals surface area contributed by atoms with Crippen molar-refractivity contribution in [3.05, 3.63) is 108 Å². The third kappa shape index (κ3) is 6.45. The van der Waals surface area contributed by atoms with Crippen LogP contribution in [0.1, 0.15) is 28.9 Å². The van der Waals surface area contributed by atoms with E-state index in [0.29, 0.717) is 5.25 Å². The van der Waals surface area contributed by atoms with E-state index in [9.17, 15) is 0 Å². The summed E-state index contributed by atoms with van der Waals surface area (Å²) in [6.45, 7) is 3.88. The van der Waals surface area contributed by atoms with E-state index in [-0.39, 0.29) is 0 Å². The maximum Gasteiger partial charge on any atom is 0.0647 e. The predicted octanol–water partition coefficient (Wildman–Crippen LogP) is 6.26. The molecule has 3 aromatic carbocycles. The standard InChI is InChI=1S/C26H28N2S/c1-21(22-11-5-3-6-12-22)29-26-16-10-9-15-24(26)17-18-25(28-20-19-27-2)23-13-7-4-8-14-23/h3-18,21,27H,19-20H2,1-2H3/b18-17+,28-25?. The van der Waals surface area contributed by atoms with Crippen LogP contribution >= 0.6 is 11.8 Å². The molecule has 0 spiro atoms. The van der Waals surface area contributed by atoms with Crippen molar-refractivity contribution in [1.82, 2.24) is 5.32 Å². The number of hydrogen-bond donors (Lipinski definition) is 1. The molecule has 1 unspecified atom stereocenters. The highest BCUT2D eigenvalue weighted by Gasteiger charge is 2.09. The third-order valence-electron chi connectivity index (χ3n) is 4.63. The molecule has 3 aromatic rings. The van der Waals surface area contributed by atoms with E-state index in [2.05, 4.69) is 103 Å². The van der Waals surface area contributed by atoms with Gasteiger partial charge in [-0.1, -0.05) is 84.9 Å². The summed E-state index contributed by atoms with van der Waals surface area (Å²) < 4.78 is 0. The lowest BCUT2D eigenvalue weighted by Crippen LogP contribution is -2.12. The molecule has 0 aliphatic carbocycles. The highest BCUT2D eigenvalue weighted by molar-refractivity contribution is 7.99. The second kappa shape index (κ2) is 11.4.